The third-order valence-electron chi connectivity index (χ3n) is 8.87. The predicted molar refractivity (Wildman–Crippen MR) is 281 cm³/mol. The van der Waals surface area contributed by atoms with Crippen LogP contribution in [0.3, 0.4) is 0 Å². The summed E-state index contributed by atoms with van der Waals surface area (Å²) < 4.78 is 17.3. The van der Waals surface area contributed by atoms with Crippen LogP contribution in [-0.2, 0) is 52.9 Å². The van der Waals surface area contributed by atoms with E-state index in [0.717, 1.165) is 66.4 Å². The number of aryl methyl sites for hydroxylation is 2. The van der Waals surface area contributed by atoms with Crippen molar-refractivity contribution in [2.75, 3.05) is 19.8 Å². The lowest BCUT2D eigenvalue weighted by atomic mass is 10.1. The van der Waals surface area contributed by atoms with Gasteiger partial charge < -0.3 is 14.2 Å². The second-order valence-corrected chi connectivity index (χ2v) is 20.8. The molecule has 340 valence electrons. The zero-order valence-electron chi connectivity index (χ0n) is 37.0. The van der Waals surface area contributed by atoms with E-state index in [1.807, 2.05) is 55.5 Å². The maximum absolute atomic E-state index is 12.9. The first-order valence-electron chi connectivity index (χ1n) is 21.6. The van der Waals surface area contributed by atoms with Crippen LogP contribution in [0, 0.1) is 0 Å². The van der Waals surface area contributed by atoms with Crippen LogP contribution in [0.4, 0.5) is 0 Å². The maximum atomic E-state index is 12.9. The standard InChI is InChI=1S/C29H38O4S3.C15H14S3.C7H12O2/c1-3-5-21-32-27(30)25(19-17-23-13-9-7-10-14-23)35-29(34)36-26(28(31)33-22-6-4-2)20-18-24-15-11-8-12-16-24;16-15(17-11-13-7-3-1-4-8-13)18-12-14-9-5-2-6-10-14;1-3-5-6-9-7(8)4-2/h7-16,25-26H,3-6,17-22H2,1-2H3;1-10H,11-12H2;4H,2-3,5-6H2,1H3. The first kappa shape index (κ1) is 55.7. The number of hydrogen-bond donors (Lipinski definition) is 0. The lowest BCUT2D eigenvalue weighted by Crippen LogP contribution is -2.25. The maximum Gasteiger partial charge on any atom is 0.330 e. The fraction of sp³-hybridized carbons (Fsp3) is 0.392. The summed E-state index contributed by atoms with van der Waals surface area (Å²) in [7, 11) is 0. The Labute approximate surface area is 405 Å². The van der Waals surface area contributed by atoms with E-state index in [4.69, 9.17) is 33.9 Å². The third kappa shape index (κ3) is 28.2. The fourth-order valence-electron chi connectivity index (χ4n) is 5.27. The molecule has 2 unspecified atom stereocenters. The molecule has 0 radical (unpaired) electrons. The summed E-state index contributed by atoms with van der Waals surface area (Å²) >= 11 is 17.2. The molecule has 63 heavy (non-hydrogen) atoms. The minimum atomic E-state index is -0.409. The zero-order chi connectivity index (χ0) is 45.8. The van der Waals surface area contributed by atoms with Crippen molar-refractivity contribution in [2.24, 2.45) is 0 Å². The Hall–Kier alpha value is -3.39. The molecule has 4 aromatic rings. The molecule has 0 aliphatic carbocycles. The molecule has 0 aliphatic rings. The molecule has 0 amide bonds. The van der Waals surface area contributed by atoms with Crippen LogP contribution in [0.1, 0.15) is 94.4 Å². The van der Waals surface area contributed by atoms with Gasteiger partial charge in [-0.15, -0.1) is 23.5 Å². The van der Waals surface area contributed by atoms with Gasteiger partial charge in [-0.05, 0) is 67.2 Å². The Morgan fingerprint density at radius 3 is 1.19 bits per heavy atom. The minimum Gasteiger partial charge on any atom is -0.465 e. The van der Waals surface area contributed by atoms with Gasteiger partial charge in [0.1, 0.15) is 17.6 Å². The second kappa shape index (κ2) is 36.9. The van der Waals surface area contributed by atoms with Crippen molar-refractivity contribution < 1.29 is 28.6 Å². The van der Waals surface area contributed by atoms with Gasteiger partial charge in [0.15, 0.2) is 0 Å². The molecule has 0 N–H and O–H groups in total. The van der Waals surface area contributed by atoms with Crippen molar-refractivity contribution in [3.05, 3.63) is 156 Å². The topological polar surface area (TPSA) is 78.9 Å². The normalized spacial score (nSPS) is 11.3. The summed E-state index contributed by atoms with van der Waals surface area (Å²) in [6.45, 7) is 10.8. The zero-order valence-corrected chi connectivity index (χ0v) is 41.9. The van der Waals surface area contributed by atoms with Crippen LogP contribution in [0.5, 0.6) is 0 Å². The molecule has 0 spiro atoms. The van der Waals surface area contributed by atoms with Crippen molar-refractivity contribution in [3.63, 3.8) is 0 Å². The lowest BCUT2D eigenvalue weighted by molar-refractivity contribution is -0.144. The number of unbranched alkanes of at least 4 members (excludes halogenated alkanes) is 3. The molecule has 0 fully saturated rings. The Morgan fingerprint density at radius 2 is 0.857 bits per heavy atom. The molecule has 4 aromatic carbocycles. The molecule has 2 atom stereocenters. The lowest BCUT2D eigenvalue weighted by Gasteiger charge is -2.19. The molecule has 6 nitrogen and oxygen atoms in total. The molecule has 0 aromatic heterocycles. The highest BCUT2D eigenvalue weighted by Gasteiger charge is 2.27. The third-order valence-corrected chi connectivity index (χ3v) is 14.7. The second-order valence-electron chi connectivity index (χ2n) is 14.1. The van der Waals surface area contributed by atoms with Crippen molar-refractivity contribution in [2.45, 2.75) is 107 Å². The molecular weight excluding hydrogens is 901 g/mol. The first-order valence-corrected chi connectivity index (χ1v) is 26.2. The minimum absolute atomic E-state index is 0.237. The molecule has 0 saturated heterocycles. The van der Waals surface area contributed by atoms with E-state index in [1.54, 1.807) is 23.5 Å². The predicted octanol–water partition coefficient (Wildman–Crippen LogP) is 14.1. The Bertz CT molecular complexity index is 1730. The monoisotopic (exact) mass is 964 g/mol. The van der Waals surface area contributed by atoms with Crippen LogP contribution < -0.4 is 0 Å². The number of hydrogen-bond acceptors (Lipinski definition) is 12. The van der Waals surface area contributed by atoms with Crippen LogP contribution in [0.25, 0.3) is 0 Å². The fourth-order valence-corrected chi connectivity index (χ4v) is 10.1. The van der Waals surface area contributed by atoms with Gasteiger partial charge in [-0.3, -0.25) is 9.59 Å². The van der Waals surface area contributed by atoms with Crippen molar-refractivity contribution in [1.82, 2.24) is 0 Å². The number of thiocarbonyl (C=S) groups is 2. The summed E-state index contributed by atoms with van der Waals surface area (Å²) in [5.41, 5.74) is 4.99. The van der Waals surface area contributed by atoms with Gasteiger partial charge in [-0.25, -0.2) is 4.79 Å². The van der Waals surface area contributed by atoms with E-state index in [-0.39, 0.29) is 17.9 Å². The van der Waals surface area contributed by atoms with E-state index in [2.05, 4.69) is 98.0 Å². The Balaban J connectivity index is 0.000000414. The number of thioether (sulfide) groups is 4. The van der Waals surface area contributed by atoms with Crippen LogP contribution >= 0.6 is 71.5 Å². The van der Waals surface area contributed by atoms with Crippen molar-refractivity contribution >= 4 is 96.4 Å². The average Bonchev–Trinajstić information content (AvgIpc) is 3.32. The van der Waals surface area contributed by atoms with E-state index in [1.165, 1.54) is 51.9 Å². The van der Waals surface area contributed by atoms with Gasteiger partial charge in [-0.2, -0.15) is 0 Å². The SMILES string of the molecule is C=CC(=O)OCCCC.CCCCOC(=O)C(CCc1ccccc1)SC(=S)SC(CCc1ccccc1)C(=O)OCCCC.S=C(SCc1ccccc1)SCc1ccccc1. The number of carbonyl (C=O) groups is 3. The largest absolute Gasteiger partial charge is 0.465 e. The van der Waals surface area contributed by atoms with Gasteiger partial charge in [0, 0.05) is 17.6 Å². The molecular formula is C51H64O6S6. The Morgan fingerprint density at radius 1 is 0.524 bits per heavy atom. The van der Waals surface area contributed by atoms with E-state index in [9.17, 15) is 14.4 Å². The summed E-state index contributed by atoms with van der Waals surface area (Å²) in [6.07, 6.45) is 9.51. The molecule has 0 aliphatic heterocycles. The highest BCUT2D eigenvalue weighted by Crippen LogP contribution is 2.31. The van der Waals surface area contributed by atoms with E-state index < -0.39 is 10.5 Å². The van der Waals surface area contributed by atoms with Crippen molar-refractivity contribution in [3.8, 4) is 0 Å². The number of esters is 3. The van der Waals surface area contributed by atoms with Gasteiger partial charge >= 0.3 is 17.9 Å². The summed E-state index contributed by atoms with van der Waals surface area (Å²) in [6, 6.07) is 41.1. The molecule has 12 heteroatoms. The van der Waals surface area contributed by atoms with Gasteiger partial charge in [0.05, 0.1) is 19.8 Å². The summed E-state index contributed by atoms with van der Waals surface area (Å²) in [4.78, 5) is 36.1. The molecule has 0 heterocycles. The molecule has 0 bridgehead atoms. The molecule has 4 rings (SSSR count). The van der Waals surface area contributed by atoms with Gasteiger partial charge in [-0.1, -0.05) is 216 Å². The Kier molecular flexibility index (Phi) is 32.6. The highest BCUT2D eigenvalue weighted by molar-refractivity contribution is 8.48. The summed E-state index contributed by atoms with van der Waals surface area (Å²) in [5, 5.41) is -0.819. The van der Waals surface area contributed by atoms with E-state index in [0.29, 0.717) is 36.2 Å². The number of benzene rings is 4. The summed E-state index contributed by atoms with van der Waals surface area (Å²) in [5.74, 6) is 1.11. The molecule has 0 saturated carbocycles. The quantitative estimate of drug-likeness (QED) is 0.0221. The first-order chi connectivity index (χ1) is 30.7. The van der Waals surface area contributed by atoms with E-state index >= 15 is 0 Å². The van der Waals surface area contributed by atoms with Crippen LogP contribution in [0.2, 0.25) is 0 Å². The van der Waals surface area contributed by atoms with Crippen molar-refractivity contribution in [1.29, 1.82) is 0 Å². The smallest absolute Gasteiger partial charge is 0.330 e. The number of carbonyl (C=O) groups excluding carboxylic acids is 3. The average molecular weight is 965 g/mol. The van der Waals surface area contributed by atoms with Crippen LogP contribution in [0.15, 0.2) is 134 Å². The van der Waals surface area contributed by atoms with Crippen LogP contribution in [-0.4, -0.2) is 55.3 Å². The van der Waals surface area contributed by atoms with Gasteiger partial charge in [0.25, 0.3) is 0 Å². The number of rotatable bonds is 24. The highest BCUT2D eigenvalue weighted by atomic mass is 32.2. The van der Waals surface area contributed by atoms with Gasteiger partial charge in [0.2, 0.25) is 0 Å². The number of ether oxygens (including phenoxy) is 3.